The molecule has 134 valence electrons. The Labute approximate surface area is 150 Å². The highest BCUT2D eigenvalue weighted by molar-refractivity contribution is 6.05. The molecule has 2 N–H and O–H groups in total. The van der Waals surface area contributed by atoms with Gasteiger partial charge in [-0.1, -0.05) is 12.1 Å². The molecule has 1 aliphatic heterocycles. The van der Waals surface area contributed by atoms with Crippen LogP contribution in [0.2, 0.25) is 0 Å². The van der Waals surface area contributed by atoms with E-state index in [4.69, 9.17) is 4.74 Å². The number of aromatic nitrogens is 2. The lowest BCUT2D eigenvalue weighted by molar-refractivity contribution is 0.0332. The van der Waals surface area contributed by atoms with Gasteiger partial charge in [0, 0.05) is 18.8 Å². The van der Waals surface area contributed by atoms with Gasteiger partial charge < -0.3 is 15.0 Å². The summed E-state index contributed by atoms with van der Waals surface area (Å²) >= 11 is 0. The van der Waals surface area contributed by atoms with Gasteiger partial charge in [-0.3, -0.25) is 9.69 Å². The first kappa shape index (κ1) is 16.7. The molecule has 2 aromatic carbocycles. The molecule has 1 aromatic heterocycles. The maximum atomic E-state index is 13.7. The van der Waals surface area contributed by atoms with Crippen LogP contribution in [0.15, 0.2) is 42.5 Å². The Balaban J connectivity index is 1.50. The summed E-state index contributed by atoms with van der Waals surface area (Å²) in [6.45, 7) is 4.00. The van der Waals surface area contributed by atoms with Crippen LogP contribution in [-0.4, -0.2) is 47.1 Å². The summed E-state index contributed by atoms with van der Waals surface area (Å²) in [5.41, 5.74) is 2.27. The zero-order valence-electron chi connectivity index (χ0n) is 14.2. The summed E-state index contributed by atoms with van der Waals surface area (Å²) in [5, 5.41) is 2.73. The normalized spacial score (nSPS) is 15.3. The number of H-pyrrole nitrogens is 1. The fourth-order valence-corrected chi connectivity index (χ4v) is 3.03. The number of nitrogens with zero attached hydrogens (tertiary/aromatic N) is 2. The van der Waals surface area contributed by atoms with E-state index in [-0.39, 0.29) is 5.56 Å². The van der Waals surface area contributed by atoms with Crippen LogP contribution in [0.1, 0.15) is 16.2 Å². The van der Waals surface area contributed by atoms with Crippen LogP contribution in [0, 0.1) is 5.82 Å². The quantitative estimate of drug-likeness (QED) is 0.756. The Kier molecular flexibility index (Phi) is 4.64. The molecule has 1 saturated heterocycles. The van der Waals surface area contributed by atoms with E-state index in [1.165, 1.54) is 12.1 Å². The third-order valence-electron chi connectivity index (χ3n) is 4.38. The summed E-state index contributed by atoms with van der Waals surface area (Å²) in [6, 6.07) is 11.3. The number of morpholine rings is 1. The number of amides is 1. The number of hydrogen-bond acceptors (Lipinski definition) is 4. The number of carbonyl (C=O) groups is 1. The molecule has 4 rings (SSSR count). The van der Waals surface area contributed by atoms with Crippen molar-refractivity contribution in [1.29, 1.82) is 0 Å². The number of hydrogen-bond donors (Lipinski definition) is 2. The fraction of sp³-hybridized carbons (Fsp3) is 0.263. The van der Waals surface area contributed by atoms with E-state index >= 15 is 0 Å². The van der Waals surface area contributed by atoms with Gasteiger partial charge in [0.15, 0.2) is 0 Å². The molecular formula is C19H19FN4O2. The highest BCUT2D eigenvalue weighted by Gasteiger charge is 2.14. The minimum atomic E-state index is -0.541. The van der Waals surface area contributed by atoms with Crippen LogP contribution < -0.4 is 5.32 Å². The fourth-order valence-electron chi connectivity index (χ4n) is 3.03. The molecule has 1 amide bonds. The number of aromatic amines is 1. The smallest absolute Gasteiger partial charge is 0.258 e. The minimum Gasteiger partial charge on any atom is -0.379 e. The van der Waals surface area contributed by atoms with E-state index in [9.17, 15) is 9.18 Å². The number of anilines is 1. The minimum absolute atomic E-state index is 0.0187. The highest BCUT2D eigenvalue weighted by atomic mass is 19.1. The van der Waals surface area contributed by atoms with Gasteiger partial charge in [-0.25, -0.2) is 9.37 Å². The van der Waals surface area contributed by atoms with Crippen LogP contribution in [0.25, 0.3) is 11.0 Å². The number of fused-ring (bicyclic) bond motifs is 1. The van der Waals surface area contributed by atoms with Crippen LogP contribution in [0.5, 0.6) is 0 Å². The Bertz CT molecular complexity index is 934. The van der Waals surface area contributed by atoms with Gasteiger partial charge in [0.2, 0.25) is 0 Å². The van der Waals surface area contributed by atoms with Crippen LogP contribution >= 0.6 is 0 Å². The molecule has 0 saturated carbocycles. The number of nitrogens with one attached hydrogen (secondary N) is 2. The lowest BCUT2D eigenvalue weighted by Gasteiger charge is -2.25. The molecular weight excluding hydrogens is 335 g/mol. The Morgan fingerprint density at radius 1 is 1.23 bits per heavy atom. The van der Waals surface area contributed by atoms with Crippen molar-refractivity contribution in [1.82, 2.24) is 14.9 Å². The Morgan fingerprint density at radius 2 is 2.04 bits per heavy atom. The predicted molar refractivity (Wildman–Crippen MR) is 96.5 cm³/mol. The number of halogens is 1. The van der Waals surface area contributed by atoms with E-state index in [1.807, 2.05) is 12.1 Å². The van der Waals surface area contributed by atoms with E-state index in [2.05, 4.69) is 20.2 Å². The van der Waals surface area contributed by atoms with Crippen LogP contribution in [0.4, 0.5) is 10.1 Å². The second kappa shape index (κ2) is 7.23. The summed E-state index contributed by atoms with van der Waals surface area (Å²) in [7, 11) is 0. The first-order valence-electron chi connectivity index (χ1n) is 8.54. The first-order valence-corrected chi connectivity index (χ1v) is 8.54. The summed E-state index contributed by atoms with van der Waals surface area (Å²) in [6.07, 6.45) is 0. The van der Waals surface area contributed by atoms with E-state index in [0.717, 1.165) is 49.7 Å². The van der Waals surface area contributed by atoms with Gasteiger partial charge in [-0.05, 0) is 30.3 Å². The molecule has 0 radical (unpaired) electrons. The topological polar surface area (TPSA) is 70.2 Å². The molecule has 0 atom stereocenters. The Morgan fingerprint density at radius 3 is 2.85 bits per heavy atom. The van der Waals surface area contributed by atoms with Crippen LogP contribution in [-0.2, 0) is 11.3 Å². The standard InChI is InChI=1S/C19H19FN4O2/c20-15-4-2-1-3-14(15)19(25)21-13-5-6-16-17(11-13)23-18(22-16)12-24-7-9-26-10-8-24/h1-6,11H,7-10,12H2,(H,21,25)(H,22,23). The monoisotopic (exact) mass is 354 g/mol. The van der Waals surface area contributed by atoms with E-state index in [0.29, 0.717) is 5.69 Å². The average Bonchev–Trinajstić information content (AvgIpc) is 3.04. The summed E-state index contributed by atoms with van der Waals surface area (Å²) in [5.74, 6) is -0.143. The summed E-state index contributed by atoms with van der Waals surface area (Å²) in [4.78, 5) is 22.4. The maximum absolute atomic E-state index is 13.7. The van der Waals surface area contributed by atoms with Gasteiger partial charge in [0.05, 0.1) is 36.4 Å². The zero-order valence-corrected chi connectivity index (χ0v) is 14.2. The van der Waals surface area contributed by atoms with E-state index < -0.39 is 11.7 Å². The van der Waals surface area contributed by atoms with Gasteiger partial charge in [0.1, 0.15) is 11.6 Å². The lowest BCUT2D eigenvalue weighted by Crippen LogP contribution is -2.35. The molecule has 1 aliphatic rings. The molecule has 6 nitrogen and oxygen atoms in total. The molecule has 0 spiro atoms. The van der Waals surface area contributed by atoms with Gasteiger partial charge >= 0.3 is 0 Å². The molecule has 2 heterocycles. The third-order valence-corrected chi connectivity index (χ3v) is 4.38. The van der Waals surface area contributed by atoms with Gasteiger partial charge in [-0.15, -0.1) is 0 Å². The third kappa shape index (κ3) is 3.58. The Hall–Kier alpha value is -2.77. The van der Waals surface area contributed by atoms with Crippen LogP contribution in [0.3, 0.4) is 0 Å². The number of benzene rings is 2. The SMILES string of the molecule is O=C(Nc1ccc2nc(CN3CCOCC3)[nH]c2c1)c1ccccc1F. The van der Waals surface area contributed by atoms with Crippen molar-refractivity contribution in [2.45, 2.75) is 6.54 Å². The molecule has 0 unspecified atom stereocenters. The van der Waals surface area contributed by atoms with E-state index in [1.54, 1.807) is 18.2 Å². The molecule has 7 heteroatoms. The molecule has 0 bridgehead atoms. The van der Waals surface area contributed by atoms with Gasteiger partial charge in [0.25, 0.3) is 5.91 Å². The van der Waals surface area contributed by atoms with Crippen molar-refractivity contribution < 1.29 is 13.9 Å². The first-order chi connectivity index (χ1) is 12.7. The largest absolute Gasteiger partial charge is 0.379 e. The van der Waals surface area contributed by atoms with Crippen molar-refractivity contribution in [2.75, 3.05) is 31.6 Å². The average molecular weight is 354 g/mol. The second-order valence-corrected chi connectivity index (χ2v) is 6.24. The molecule has 0 aliphatic carbocycles. The van der Waals surface area contributed by atoms with Crippen molar-refractivity contribution in [3.05, 3.63) is 59.7 Å². The number of imidazole rings is 1. The molecule has 3 aromatic rings. The lowest BCUT2D eigenvalue weighted by atomic mass is 10.2. The number of rotatable bonds is 4. The van der Waals surface area contributed by atoms with Crippen molar-refractivity contribution in [3.8, 4) is 0 Å². The number of carbonyl (C=O) groups excluding carboxylic acids is 1. The second-order valence-electron chi connectivity index (χ2n) is 6.24. The molecule has 1 fully saturated rings. The molecule has 26 heavy (non-hydrogen) atoms. The van der Waals surface area contributed by atoms with Gasteiger partial charge in [-0.2, -0.15) is 0 Å². The predicted octanol–water partition coefficient (Wildman–Crippen LogP) is 2.79. The van der Waals surface area contributed by atoms with Crippen molar-refractivity contribution in [3.63, 3.8) is 0 Å². The van der Waals surface area contributed by atoms with Crippen molar-refractivity contribution >= 4 is 22.6 Å². The van der Waals surface area contributed by atoms with Crippen molar-refractivity contribution in [2.24, 2.45) is 0 Å². The summed E-state index contributed by atoms with van der Waals surface area (Å²) < 4.78 is 19.1. The highest BCUT2D eigenvalue weighted by Crippen LogP contribution is 2.19. The zero-order chi connectivity index (χ0) is 17.9. The maximum Gasteiger partial charge on any atom is 0.258 e. The number of ether oxygens (including phenoxy) is 1.